The standard InChI is InChI=1S/C25H26/c1-18(2)20(4)10-9-11-21(5)24-12-7-8-13-25(24)22(6)23-16-14-19(3)15-17-23/h7-17H,1,4,6H2,2-3,5H3/b10-9-,21-11+. The van der Waals surface area contributed by atoms with E-state index in [1.807, 2.05) is 19.1 Å². The topological polar surface area (TPSA) is 0 Å². The highest BCUT2D eigenvalue weighted by atomic mass is 14.1. The summed E-state index contributed by atoms with van der Waals surface area (Å²) in [4.78, 5) is 0. The zero-order valence-corrected chi connectivity index (χ0v) is 15.5. The Morgan fingerprint density at radius 3 is 2.04 bits per heavy atom. The molecule has 0 saturated carbocycles. The molecule has 0 N–H and O–H groups in total. The fraction of sp³-hybridized carbons (Fsp3) is 0.120. The first-order chi connectivity index (χ1) is 11.9. The zero-order chi connectivity index (χ0) is 18.4. The maximum absolute atomic E-state index is 4.33. The molecule has 0 aliphatic heterocycles. The molecule has 25 heavy (non-hydrogen) atoms. The van der Waals surface area contributed by atoms with Crippen molar-refractivity contribution in [1.29, 1.82) is 0 Å². The van der Waals surface area contributed by atoms with Crippen molar-refractivity contribution in [3.63, 3.8) is 0 Å². The third-order valence-corrected chi connectivity index (χ3v) is 4.27. The van der Waals surface area contributed by atoms with Gasteiger partial charge in [0.25, 0.3) is 0 Å². The van der Waals surface area contributed by atoms with Crippen molar-refractivity contribution in [2.45, 2.75) is 20.8 Å². The largest absolute Gasteiger partial charge is 0.0955 e. The maximum atomic E-state index is 4.33. The van der Waals surface area contributed by atoms with Crippen LogP contribution in [0.25, 0.3) is 11.1 Å². The van der Waals surface area contributed by atoms with Crippen molar-refractivity contribution in [1.82, 2.24) is 0 Å². The molecule has 2 aromatic carbocycles. The first kappa shape index (κ1) is 18.5. The Morgan fingerprint density at radius 1 is 0.840 bits per heavy atom. The minimum absolute atomic E-state index is 0.946. The van der Waals surface area contributed by atoms with Gasteiger partial charge in [-0.2, -0.15) is 0 Å². The van der Waals surface area contributed by atoms with Gasteiger partial charge in [0.05, 0.1) is 0 Å². The summed E-state index contributed by atoms with van der Waals surface area (Å²) < 4.78 is 0. The van der Waals surface area contributed by atoms with Crippen molar-refractivity contribution in [3.05, 3.63) is 120 Å². The Bertz CT molecular complexity index is 855. The molecule has 0 radical (unpaired) electrons. The van der Waals surface area contributed by atoms with Crippen LogP contribution in [0.2, 0.25) is 0 Å². The second kappa shape index (κ2) is 8.30. The number of aryl methyl sites for hydroxylation is 1. The molecular formula is C25H26. The zero-order valence-electron chi connectivity index (χ0n) is 15.5. The lowest BCUT2D eigenvalue weighted by molar-refractivity contribution is 1.44. The van der Waals surface area contributed by atoms with Crippen molar-refractivity contribution in [2.24, 2.45) is 0 Å². The Hall–Kier alpha value is -2.86. The molecule has 2 rings (SSSR count). The summed E-state index contributed by atoms with van der Waals surface area (Å²) in [7, 11) is 0. The number of allylic oxidation sites excluding steroid dienone is 6. The van der Waals surface area contributed by atoms with E-state index in [1.54, 1.807) is 0 Å². The normalized spacial score (nSPS) is 11.6. The van der Waals surface area contributed by atoms with Crippen LogP contribution in [0.15, 0.2) is 97.6 Å². The molecule has 0 aliphatic rings. The molecular weight excluding hydrogens is 300 g/mol. The molecule has 0 fully saturated rings. The van der Waals surface area contributed by atoms with Crippen molar-refractivity contribution in [3.8, 4) is 0 Å². The van der Waals surface area contributed by atoms with Crippen LogP contribution in [-0.2, 0) is 0 Å². The van der Waals surface area contributed by atoms with Crippen molar-refractivity contribution in [2.75, 3.05) is 0 Å². The van der Waals surface area contributed by atoms with Crippen LogP contribution in [0, 0.1) is 6.92 Å². The molecule has 0 aromatic heterocycles. The summed E-state index contributed by atoms with van der Waals surface area (Å²) in [6.07, 6.45) is 6.12. The smallest absolute Gasteiger partial charge is 0.0109 e. The highest BCUT2D eigenvalue weighted by molar-refractivity contribution is 5.85. The number of benzene rings is 2. The van der Waals surface area contributed by atoms with Gasteiger partial charge >= 0.3 is 0 Å². The van der Waals surface area contributed by atoms with E-state index in [1.165, 1.54) is 16.7 Å². The average molecular weight is 326 g/mol. The molecule has 126 valence electrons. The molecule has 0 nitrogen and oxygen atoms in total. The van der Waals surface area contributed by atoms with E-state index >= 15 is 0 Å². The fourth-order valence-corrected chi connectivity index (χ4v) is 2.54. The van der Waals surface area contributed by atoms with E-state index in [0.717, 1.165) is 27.8 Å². The Morgan fingerprint density at radius 2 is 1.44 bits per heavy atom. The summed E-state index contributed by atoms with van der Waals surface area (Å²) in [5.74, 6) is 0. The van der Waals surface area contributed by atoms with Crippen LogP contribution >= 0.6 is 0 Å². The summed E-state index contributed by atoms with van der Waals surface area (Å²) in [5, 5.41) is 0. The van der Waals surface area contributed by atoms with Gasteiger partial charge in [0.15, 0.2) is 0 Å². The third kappa shape index (κ3) is 4.81. The predicted molar refractivity (Wildman–Crippen MR) is 113 cm³/mol. The second-order valence-corrected chi connectivity index (χ2v) is 6.40. The minimum atomic E-state index is 0.946. The van der Waals surface area contributed by atoms with Crippen LogP contribution in [0.1, 0.15) is 36.1 Å². The Kier molecular flexibility index (Phi) is 6.14. The van der Waals surface area contributed by atoms with Gasteiger partial charge in [-0.25, -0.2) is 0 Å². The van der Waals surface area contributed by atoms with Crippen LogP contribution in [0.3, 0.4) is 0 Å². The first-order valence-corrected chi connectivity index (χ1v) is 8.45. The first-order valence-electron chi connectivity index (χ1n) is 8.45. The SMILES string of the molecule is C=C(C)C(=C)/C=C\C=C(/C)c1ccccc1C(=C)c1ccc(C)cc1. The molecule has 0 heterocycles. The third-order valence-electron chi connectivity index (χ3n) is 4.27. The van der Waals surface area contributed by atoms with E-state index in [2.05, 4.69) is 88.2 Å². The maximum Gasteiger partial charge on any atom is -0.0109 e. The summed E-state index contributed by atoms with van der Waals surface area (Å²) >= 11 is 0. The molecule has 0 bridgehead atoms. The van der Waals surface area contributed by atoms with Gasteiger partial charge in [-0.15, -0.1) is 0 Å². The van der Waals surface area contributed by atoms with E-state index < -0.39 is 0 Å². The van der Waals surface area contributed by atoms with Crippen LogP contribution in [-0.4, -0.2) is 0 Å². The molecule has 0 heteroatoms. The molecule has 0 aliphatic carbocycles. The van der Waals surface area contributed by atoms with E-state index in [4.69, 9.17) is 0 Å². The highest BCUT2D eigenvalue weighted by Gasteiger charge is 2.08. The van der Waals surface area contributed by atoms with Gasteiger partial charge in [-0.1, -0.05) is 97.6 Å². The van der Waals surface area contributed by atoms with Crippen LogP contribution in [0.5, 0.6) is 0 Å². The van der Waals surface area contributed by atoms with E-state index in [-0.39, 0.29) is 0 Å². The molecule has 2 aromatic rings. The lowest BCUT2D eigenvalue weighted by atomic mass is 9.91. The summed E-state index contributed by atoms with van der Waals surface area (Å²) in [6, 6.07) is 16.9. The lowest BCUT2D eigenvalue weighted by Crippen LogP contribution is -1.92. The van der Waals surface area contributed by atoms with Crippen LogP contribution < -0.4 is 0 Å². The van der Waals surface area contributed by atoms with Gasteiger partial charge in [-0.3, -0.25) is 0 Å². The Labute approximate surface area is 152 Å². The van der Waals surface area contributed by atoms with Gasteiger partial charge < -0.3 is 0 Å². The van der Waals surface area contributed by atoms with Crippen LogP contribution in [0.4, 0.5) is 0 Å². The second-order valence-electron chi connectivity index (χ2n) is 6.40. The van der Waals surface area contributed by atoms with E-state index in [0.29, 0.717) is 0 Å². The van der Waals surface area contributed by atoms with Gasteiger partial charge in [0.2, 0.25) is 0 Å². The fourth-order valence-electron chi connectivity index (χ4n) is 2.54. The van der Waals surface area contributed by atoms with E-state index in [9.17, 15) is 0 Å². The van der Waals surface area contributed by atoms with Gasteiger partial charge in [0.1, 0.15) is 0 Å². The molecule has 0 amide bonds. The van der Waals surface area contributed by atoms with Crippen molar-refractivity contribution >= 4 is 11.1 Å². The highest BCUT2D eigenvalue weighted by Crippen LogP contribution is 2.29. The average Bonchev–Trinajstić information content (AvgIpc) is 2.61. The predicted octanol–water partition coefficient (Wildman–Crippen LogP) is 7.15. The van der Waals surface area contributed by atoms with Gasteiger partial charge in [0, 0.05) is 0 Å². The molecule has 0 unspecified atom stereocenters. The number of hydrogen-bond acceptors (Lipinski definition) is 0. The monoisotopic (exact) mass is 326 g/mol. The number of rotatable bonds is 6. The molecule has 0 atom stereocenters. The lowest BCUT2D eigenvalue weighted by Gasteiger charge is -2.13. The minimum Gasteiger partial charge on any atom is -0.0955 e. The van der Waals surface area contributed by atoms with Crippen molar-refractivity contribution < 1.29 is 0 Å². The summed E-state index contributed by atoms with van der Waals surface area (Å²) in [6.45, 7) is 18.4. The summed E-state index contributed by atoms with van der Waals surface area (Å²) in [5.41, 5.74) is 8.91. The van der Waals surface area contributed by atoms with Gasteiger partial charge in [-0.05, 0) is 54.2 Å². The molecule has 0 saturated heterocycles. The molecule has 0 spiro atoms. The number of hydrogen-bond donors (Lipinski definition) is 0. The quantitative estimate of drug-likeness (QED) is 0.494. The Balaban J connectivity index is 2.34.